The molecule has 176 valence electrons. The Bertz CT molecular complexity index is 999. The van der Waals surface area contributed by atoms with Gasteiger partial charge in [-0.3, -0.25) is 5.84 Å². The molecule has 1 aliphatic rings. The Morgan fingerprint density at radius 1 is 1.18 bits per heavy atom. The molecule has 0 aliphatic carbocycles. The van der Waals surface area contributed by atoms with Crippen LogP contribution < -0.4 is 22.3 Å². The van der Waals surface area contributed by atoms with Gasteiger partial charge in [-0.25, -0.2) is 0 Å². The number of hydrogen-bond donors (Lipinski definition) is 4. The summed E-state index contributed by atoms with van der Waals surface area (Å²) in [5, 5.41) is 4.51. The summed E-state index contributed by atoms with van der Waals surface area (Å²) in [6.07, 6.45) is 4.15. The number of halogens is 1. The van der Waals surface area contributed by atoms with Crippen molar-refractivity contribution in [2.24, 2.45) is 11.6 Å². The lowest BCUT2D eigenvalue weighted by Crippen LogP contribution is -2.37. The lowest BCUT2D eigenvalue weighted by atomic mass is 9.94. The monoisotopic (exact) mass is 465 g/mol. The molecule has 0 aromatic heterocycles. The van der Waals surface area contributed by atoms with Crippen LogP contribution in [0, 0.1) is 0 Å². The molecule has 0 spiro atoms. The average molecular weight is 466 g/mol. The van der Waals surface area contributed by atoms with Crippen LogP contribution in [0.3, 0.4) is 0 Å². The van der Waals surface area contributed by atoms with Crippen molar-refractivity contribution in [1.82, 2.24) is 15.6 Å². The molecule has 6 N–H and O–H groups in total. The van der Waals surface area contributed by atoms with Crippen molar-refractivity contribution in [2.45, 2.75) is 51.1 Å². The van der Waals surface area contributed by atoms with Crippen LogP contribution in [-0.2, 0) is 0 Å². The second-order valence-electron chi connectivity index (χ2n) is 8.88. The Labute approximate surface area is 203 Å². The molecule has 0 amide bonds. The number of nitrogens with zero attached hydrogens (tertiary/aromatic N) is 1. The molecule has 1 saturated heterocycles. The minimum Gasteiger partial charge on any atom is -0.403 e. The van der Waals surface area contributed by atoms with Gasteiger partial charge in [0.05, 0.1) is 12.1 Å². The lowest BCUT2D eigenvalue weighted by molar-refractivity contribution is 0.333. The molecule has 1 aliphatic heterocycles. The second kappa shape index (κ2) is 11.3. The first-order valence-corrected chi connectivity index (χ1v) is 11.8. The van der Waals surface area contributed by atoms with Gasteiger partial charge in [0.15, 0.2) is 0 Å². The number of nitrogens with one attached hydrogen (secondary N) is 2. The summed E-state index contributed by atoms with van der Waals surface area (Å²) < 4.78 is 0. The molecule has 0 radical (unpaired) electrons. The molecule has 6 heteroatoms. The van der Waals surface area contributed by atoms with Crippen LogP contribution >= 0.6 is 11.6 Å². The summed E-state index contributed by atoms with van der Waals surface area (Å²) in [6.45, 7) is 14.0. The molecule has 33 heavy (non-hydrogen) atoms. The predicted octanol–water partition coefficient (Wildman–Crippen LogP) is 5.29. The molecule has 2 aromatic rings. The van der Waals surface area contributed by atoms with E-state index in [9.17, 15) is 0 Å². The van der Waals surface area contributed by atoms with Crippen LogP contribution in [0.15, 0.2) is 85.0 Å². The summed E-state index contributed by atoms with van der Waals surface area (Å²) in [5.74, 6) is 5.94. The van der Waals surface area contributed by atoms with E-state index in [-0.39, 0.29) is 12.1 Å². The van der Waals surface area contributed by atoms with E-state index < -0.39 is 0 Å². The first-order valence-electron chi connectivity index (χ1n) is 11.5. The Kier molecular flexibility index (Phi) is 8.48. The van der Waals surface area contributed by atoms with Crippen LogP contribution in [0.2, 0.25) is 5.02 Å². The highest BCUT2D eigenvalue weighted by molar-refractivity contribution is 6.31. The lowest BCUT2D eigenvalue weighted by Gasteiger charge is -2.33. The van der Waals surface area contributed by atoms with Crippen molar-refractivity contribution < 1.29 is 0 Å². The zero-order valence-electron chi connectivity index (χ0n) is 19.7. The van der Waals surface area contributed by atoms with Gasteiger partial charge in [-0.05, 0) is 41.5 Å². The first kappa shape index (κ1) is 24.7. The highest BCUT2D eigenvalue weighted by Crippen LogP contribution is 2.33. The van der Waals surface area contributed by atoms with Gasteiger partial charge >= 0.3 is 0 Å². The van der Waals surface area contributed by atoms with Gasteiger partial charge in [0.25, 0.3) is 0 Å². The SMILES string of the molecule is C=C(NC(c1ccccc1)c1ccc(C(C)C)c(Cl)c1)C1CCCN1C(=C)C/C(=C/N)NN. The summed E-state index contributed by atoms with van der Waals surface area (Å²) in [5.41, 5.74) is 14.4. The summed E-state index contributed by atoms with van der Waals surface area (Å²) in [6, 6.07) is 16.9. The van der Waals surface area contributed by atoms with Crippen molar-refractivity contribution >= 4 is 11.6 Å². The van der Waals surface area contributed by atoms with Crippen molar-refractivity contribution in [3.05, 3.63) is 107 Å². The average Bonchev–Trinajstić information content (AvgIpc) is 3.31. The molecular weight excluding hydrogens is 430 g/mol. The number of benzene rings is 2. The van der Waals surface area contributed by atoms with Gasteiger partial charge in [-0.2, -0.15) is 0 Å². The molecular formula is C27H36ClN5. The third-order valence-electron chi connectivity index (χ3n) is 6.28. The van der Waals surface area contributed by atoms with Crippen LogP contribution in [0.1, 0.15) is 61.8 Å². The maximum absolute atomic E-state index is 6.66. The summed E-state index contributed by atoms with van der Waals surface area (Å²) in [4.78, 5) is 2.30. The van der Waals surface area contributed by atoms with Crippen molar-refractivity contribution in [2.75, 3.05) is 6.54 Å². The normalized spacial score (nSPS) is 17.2. The van der Waals surface area contributed by atoms with E-state index >= 15 is 0 Å². The van der Waals surface area contributed by atoms with E-state index in [1.165, 1.54) is 6.20 Å². The molecule has 1 fully saturated rings. The Morgan fingerprint density at radius 2 is 1.91 bits per heavy atom. The number of nitrogens with two attached hydrogens (primary N) is 2. The molecule has 3 rings (SSSR count). The van der Waals surface area contributed by atoms with Gasteiger partial charge in [0.1, 0.15) is 0 Å². The zero-order chi connectivity index (χ0) is 24.0. The smallest absolute Gasteiger partial charge is 0.0765 e. The van der Waals surface area contributed by atoms with E-state index in [0.717, 1.165) is 58.2 Å². The minimum absolute atomic E-state index is 0.0571. The van der Waals surface area contributed by atoms with Crippen molar-refractivity contribution in [3.8, 4) is 0 Å². The standard InChI is InChI=1S/C27H36ClN5/c1-18(2)24-13-12-22(16-25(24)28)27(21-9-6-5-7-10-21)31-20(4)26-11-8-14-33(26)19(3)15-23(17-29)32-30/h5-7,9-10,12-13,16-18,26-27,31-32H,3-4,8,11,14-15,29-30H2,1-2H3/b23-17-. The molecule has 2 aromatic carbocycles. The van der Waals surface area contributed by atoms with Gasteiger partial charge in [0, 0.05) is 41.3 Å². The fraction of sp³-hybridized carbons (Fsp3) is 0.333. The molecule has 0 saturated carbocycles. The van der Waals surface area contributed by atoms with E-state index in [2.05, 4.69) is 85.1 Å². The van der Waals surface area contributed by atoms with Crippen LogP contribution in [0.4, 0.5) is 0 Å². The quantitative estimate of drug-likeness (QED) is 0.283. The van der Waals surface area contributed by atoms with Gasteiger partial charge in [-0.15, -0.1) is 0 Å². The highest BCUT2D eigenvalue weighted by atomic mass is 35.5. The molecule has 1 heterocycles. The van der Waals surface area contributed by atoms with Gasteiger partial charge in [0.2, 0.25) is 0 Å². The van der Waals surface area contributed by atoms with Crippen LogP contribution in [0.5, 0.6) is 0 Å². The van der Waals surface area contributed by atoms with Crippen LogP contribution in [0.25, 0.3) is 0 Å². The van der Waals surface area contributed by atoms with Gasteiger partial charge < -0.3 is 21.4 Å². The molecule has 5 nitrogen and oxygen atoms in total. The number of rotatable bonds is 10. The number of hydrazine groups is 1. The Balaban J connectivity index is 1.85. The van der Waals surface area contributed by atoms with E-state index in [0.29, 0.717) is 12.3 Å². The van der Waals surface area contributed by atoms with Gasteiger partial charge in [-0.1, -0.05) is 81.1 Å². The molecule has 2 atom stereocenters. The highest BCUT2D eigenvalue weighted by Gasteiger charge is 2.29. The largest absolute Gasteiger partial charge is 0.403 e. The Morgan fingerprint density at radius 3 is 2.52 bits per heavy atom. The zero-order valence-corrected chi connectivity index (χ0v) is 20.4. The summed E-state index contributed by atoms with van der Waals surface area (Å²) >= 11 is 6.66. The fourth-order valence-corrected chi connectivity index (χ4v) is 4.87. The molecule has 0 bridgehead atoms. The maximum atomic E-state index is 6.66. The topological polar surface area (TPSA) is 79.3 Å². The minimum atomic E-state index is -0.0571. The van der Waals surface area contributed by atoms with E-state index in [1.807, 2.05) is 6.07 Å². The van der Waals surface area contributed by atoms with Crippen LogP contribution in [-0.4, -0.2) is 17.5 Å². The third kappa shape index (κ3) is 5.92. The molecule has 2 unspecified atom stereocenters. The number of hydrogen-bond acceptors (Lipinski definition) is 5. The number of likely N-dealkylation sites (tertiary alicyclic amines) is 1. The van der Waals surface area contributed by atoms with Crippen molar-refractivity contribution in [3.63, 3.8) is 0 Å². The van der Waals surface area contributed by atoms with E-state index in [4.69, 9.17) is 23.2 Å². The first-order chi connectivity index (χ1) is 15.8. The van der Waals surface area contributed by atoms with E-state index in [1.54, 1.807) is 0 Å². The fourth-order valence-electron chi connectivity index (χ4n) is 4.46. The second-order valence-corrected chi connectivity index (χ2v) is 9.29. The maximum Gasteiger partial charge on any atom is 0.0765 e. The Hall–Kier alpha value is -2.89. The van der Waals surface area contributed by atoms with Crippen molar-refractivity contribution in [1.29, 1.82) is 0 Å². The summed E-state index contributed by atoms with van der Waals surface area (Å²) in [7, 11) is 0. The third-order valence-corrected chi connectivity index (χ3v) is 6.61. The predicted molar refractivity (Wildman–Crippen MR) is 139 cm³/mol.